The minimum Gasteiger partial charge on any atom is -0.490 e. The fourth-order valence-corrected chi connectivity index (χ4v) is 6.55. The number of amides is 1. The van der Waals surface area contributed by atoms with Gasteiger partial charge in [0.15, 0.2) is 5.75 Å². The summed E-state index contributed by atoms with van der Waals surface area (Å²) in [5, 5.41) is 1.41. The zero-order valence-electron chi connectivity index (χ0n) is 24.3. The lowest BCUT2D eigenvalue weighted by atomic mass is 9.72. The third-order valence-corrected chi connectivity index (χ3v) is 9.48. The number of halogens is 2. The Morgan fingerprint density at radius 1 is 1.12 bits per heavy atom. The van der Waals surface area contributed by atoms with Gasteiger partial charge in [0.1, 0.15) is 23.0 Å². The van der Waals surface area contributed by atoms with Gasteiger partial charge in [0, 0.05) is 50.1 Å². The number of anilines is 1. The van der Waals surface area contributed by atoms with Gasteiger partial charge >= 0.3 is 12.1 Å². The van der Waals surface area contributed by atoms with Crippen LogP contribution >= 0.6 is 27.5 Å². The maximum atomic E-state index is 12.5. The smallest absolute Gasteiger partial charge is 0.410 e. The molecule has 3 saturated heterocycles. The van der Waals surface area contributed by atoms with E-state index >= 15 is 0 Å². The first-order valence-electron chi connectivity index (χ1n) is 14.5. The van der Waals surface area contributed by atoms with Crippen LogP contribution in [0.3, 0.4) is 0 Å². The molecule has 0 radical (unpaired) electrons. The molecule has 5 rings (SSSR count). The second kappa shape index (κ2) is 11.7. The molecule has 1 amide bonds. The Kier molecular flexibility index (Phi) is 8.60. The molecule has 0 N–H and O–H groups in total. The predicted octanol–water partition coefficient (Wildman–Crippen LogP) is 6.14. The minimum absolute atomic E-state index is 0.0813. The number of likely N-dealkylation sites (tertiary alicyclic amines) is 2. The first-order chi connectivity index (χ1) is 19.0. The number of fused-ring (bicyclic) bond motifs is 1. The van der Waals surface area contributed by atoms with E-state index in [1.54, 1.807) is 0 Å². The normalized spacial score (nSPS) is 20.1. The molecule has 3 aliphatic heterocycles. The molecule has 220 valence electrons. The van der Waals surface area contributed by atoms with Crippen molar-refractivity contribution >= 4 is 50.3 Å². The summed E-state index contributed by atoms with van der Waals surface area (Å²) in [6.45, 7) is 16.5. The van der Waals surface area contributed by atoms with Crippen molar-refractivity contribution in [3.8, 4) is 11.8 Å². The van der Waals surface area contributed by atoms with Gasteiger partial charge in [-0.3, -0.25) is 0 Å². The van der Waals surface area contributed by atoms with Crippen LogP contribution in [-0.2, 0) is 4.74 Å². The van der Waals surface area contributed by atoms with Gasteiger partial charge in [0.2, 0.25) is 0 Å². The van der Waals surface area contributed by atoms with Crippen molar-refractivity contribution in [2.24, 2.45) is 5.41 Å². The van der Waals surface area contributed by atoms with E-state index in [1.165, 1.54) is 0 Å². The highest BCUT2D eigenvalue weighted by molar-refractivity contribution is 9.10. The summed E-state index contributed by atoms with van der Waals surface area (Å²) in [4.78, 5) is 28.9. The van der Waals surface area contributed by atoms with Crippen molar-refractivity contribution in [1.82, 2.24) is 19.8 Å². The minimum atomic E-state index is -0.485. The maximum absolute atomic E-state index is 12.5. The summed E-state index contributed by atoms with van der Waals surface area (Å²) >= 11 is 10.3. The van der Waals surface area contributed by atoms with Crippen molar-refractivity contribution in [3.63, 3.8) is 0 Å². The molecule has 9 nitrogen and oxygen atoms in total. The largest absolute Gasteiger partial charge is 0.490 e. The van der Waals surface area contributed by atoms with Crippen molar-refractivity contribution in [2.45, 2.75) is 72.0 Å². The second-order valence-corrected chi connectivity index (χ2v) is 13.4. The predicted molar refractivity (Wildman–Crippen MR) is 161 cm³/mol. The Morgan fingerprint density at radius 3 is 2.40 bits per heavy atom. The average Bonchev–Trinajstić information content (AvgIpc) is 2.89. The van der Waals surface area contributed by atoms with E-state index in [1.807, 2.05) is 38.7 Å². The molecule has 1 aromatic heterocycles. The van der Waals surface area contributed by atoms with Crippen LogP contribution in [-0.4, -0.2) is 90.0 Å². The van der Waals surface area contributed by atoms with Crippen LogP contribution in [0.4, 0.5) is 10.6 Å². The average molecular weight is 639 g/mol. The van der Waals surface area contributed by atoms with Crippen molar-refractivity contribution in [1.29, 1.82) is 0 Å². The van der Waals surface area contributed by atoms with E-state index < -0.39 is 5.60 Å². The fraction of sp³-hybridized carbons (Fsp3) is 0.690. The van der Waals surface area contributed by atoms with E-state index in [0.29, 0.717) is 33.4 Å². The number of aromatic nitrogens is 2. The Morgan fingerprint density at radius 2 is 1.80 bits per heavy atom. The number of ether oxygens (including phenoxy) is 3. The summed E-state index contributed by atoms with van der Waals surface area (Å²) in [6, 6.07) is 2.30. The Hall–Kier alpha value is -2.04. The van der Waals surface area contributed by atoms with Gasteiger partial charge in [-0.1, -0.05) is 18.5 Å². The number of benzene rings is 1. The summed E-state index contributed by atoms with van der Waals surface area (Å²) in [5.41, 5.74) is 0.338. The van der Waals surface area contributed by atoms with Crippen LogP contribution in [0.1, 0.15) is 60.3 Å². The van der Waals surface area contributed by atoms with E-state index in [0.717, 1.165) is 82.7 Å². The molecular weight excluding hydrogens is 598 g/mol. The van der Waals surface area contributed by atoms with Crippen molar-refractivity contribution in [3.05, 3.63) is 15.6 Å². The summed E-state index contributed by atoms with van der Waals surface area (Å²) in [6.07, 6.45) is 3.69. The number of nitrogens with zero attached hydrogens (tertiary/aromatic N) is 5. The molecule has 1 spiro atoms. The van der Waals surface area contributed by atoms with Crippen LogP contribution in [0.5, 0.6) is 11.8 Å². The lowest BCUT2D eigenvalue weighted by Crippen LogP contribution is -2.62. The molecule has 4 heterocycles. The molecule has 0 aliphatic carbocycles. The summed E-state index contributed by atoms with van der Waals surface area (Å²) in [5.74, 6) is 1.43. The summed E-state index contributed by atoms with van der Waals surface area (Å²) in [7, 11) is 0. The van der Waals surface area contributed by atoms with Crippen molar-refractivity contribution < 1.29 is 19.0 Å². The highest BCUT2D eigenvalue weighted by Gasteiger charge is 2.48. The standard InChI is InChI=1S/C29H41BrClN5O4/c1-6-34-12-8-19(9-13-34)39-26-32-23-20(16-21(31)22(30)24(23)38-7-2)25(33-26)35-14-10-29(11-15-35)17-36(18-29)27(37)40-28(3,4)5/h16,19H,6-15,17-18H2,1-5H3. The molecule has 3 fully saturated rings. The molecular formula is C29H41BrClN5O4. The highest BCUT2D eigenvalue weighted by atomic mass is 79.9. The molecule has 0 atom stereocenters. The van der Waals surface area contributed by atoms with Gasteiger partial charge in [-0.05, 0) is 81.9 Å². The third-order valence-electron chi connectivity index (χ3n) is 8.17. The molecule has 11 heteroatoms. The molecule has 40 heavy (non-hydrogen) atoms. The van der Waals surface area contributed by atoms with Crippen LogP contribution < -0.4 is 14.4 Å². The number of piperidine rings is 2. The molecule has 0 bridgehead atoms. The molecule has 0 saturated carbocycles. The Bertz CT molecular complexity index is 1230. The summed E-state index contributed by atoms with van der Waals surface area (Å²) < 4.78 is 18.7. The SMILES string of the molecule is CCOc1c(Br)c(Cl)cc2c(N3CCC4(CC3)CN(C(=O)OC(C)(C)C)C4)nc(OC3CCN(CC)CC3)nc12. The monoisotopic (exact) mass is 637 g/mol. The van der Waals surface area contributed by atoms with Crippen LogP contribution in [0, 0.1) is 5.41 Å². The van der Waals surface area contributed by atoms with Crippen molar-refractivity contribution in [2.75, 3.05) is 57.3 Å². The Balaban J connectivity index is 1.38. The van der Waals surface area contributed by atoms with Crippen LogP contribution in [0.2, 0.25) is 5.02 Å². The first-order valence-corrected chi connectivity index (χ1v) is 15.6. The quantitative estimate of drug-likeness (QED) is 0.373. The van der Waals surface area contributed by atoms with Gasteiger partial charge in [-0.2, -0.15) is 9.97 Å². The number of rotatable bonds is 6. The van der Waals surface area contributed by atoms with Gasteiger partial charge in [0.05, 0.1) is 16.1 Å². The zero-order chi connectivity index (χ0) is 28.7. The van der Waals surface area contributed by atoms with E-state index in [-0.39, 0.29) is 17.6 Å². The fourth-order valence-electron chi connectivity index (χ4n) is 5.94. The van der Waals surface area contributed by atoms with Crippen LogP contribution in [0.15, 0.2) is 10.5 Å². The zero-order valence-corrected chi connectivity index (χ0v) is 26.6. The van der Waals surface area contributed by atoms with Gasteiger partial charge in [0.25, 0.3) is 0 Å². The number of hydrogen-bond acceptors (Lipinski definition) is 8. The second-order valence-electron chi connectivity index (χ2n) is 12.2. The van der Waals surface area contributed by atoms with Gasteiger partial charge in [-0.15, -0.1) is 0 Å². The molecule has 2 aromatic rings. The first kappa shape index (κ1) is 29.5. The maximum Gasteiger partial charge on any atom is 0.410 e. The van der Waals surface area contributed by atoms with Crippen LogP contribution in [0.25, 0.3) is 10.9 Å². The van der Waals surface area contributed by atoms with E-state index in [9.17, 15) is 4.79 Å². The lowest BCUT2D eigenvalue weighted by molar-refractivity contribution is -0.0434. The molecule has 0 unspecified atom stereocenters. The topological polar surface area (TPSA) is 80.3 Å². The van der Waals surface area contributed by atoms with E-state index in [4.69, 9.17) is 35.8 Å². The number of carbonyl (C=O) groups excluding carboxylic acids is 1. The highest BCUT2D eigenvalue weighted by Crippen LogP contribution is 2.45. The van der Waals surface area contributed by atoms with Gasteiger partial charge in [-0.25, -0.2) is 4.79 Å². The molecule has 1 aromatic carbocycles. The van der Waals surface area contributed by atoms with E-state index in [2.05, 4.69) is 32.7 Å². The van der Waals surface area contributed by atoms with Gasteiger partial charge < -0.3 is 28.9 Å². The molecule has 3 aliphatic rings. The number of hydrogen-bond donors (Lipinski definition) is 0. The number of carbonyl (C=O) groups is 1. The third kappa shape index (κ3) is 6.23. The Labute approximate surface area is 250 Å². The lowest BCUT2D eigenvalue weighted by Gasteiger charge is -2.53.